The smallest absolute Gasteiger partial charge is 0.128 e. The molecule has 0 bridgehead atoms. The Bertz CT molecular complexity index is 534. The van der Waals surface area contributed by atoms with Crippen molar-refractivity contribution in [2.45, 2.75) is 19.4 Å². The van der Waals surface area contributed by atoms with Crippen molar-refractivity contribution in [3.05, 3.63) is 53.1 Å². The highest BCUT2D eigenvalue weighted by molar-refractivity contribution is 5.34. The van der Waals surface area contributed by atoms with Crippen LogP contribution < -0.4 is 5.32 Å². The van der Waals surface area contributed by atoms with Gasteiger partial charge in [-0.05, 0) is 19.5 Å². The van der Waals surface area contributed by atoms with Crippen molar-refractivity contribution >= 4 is 0 Å². The van der Waals surface area contributed by atoms with Gasteiger partial charge in [-0.15, -0.1) is 0 Å². The van der Waals surface area contributed by atoms with Gasteiger partial charge in [0.2, 0.25) is 0 Å². The molecule has 1 aromatic heterocycles. The molecule has 1 atom stereocenters. The van der Waals surface area contributed by atoms with E-state index in [0.29, 0.717) is 5.56 Å². The molecule has 3 nitrogen and oxygen atoms in total. The van der Waals surface area contributed by atoms with Gasteiger partial charge in [-0.25, -0.2) is 4.39 Å². The molecule has 1 aromatic carbocycles. The molecule has 0 saturated carbocycles. The third-order valence-electron chi connectivity index (χ3n) is 3.09. The van der Waals surface area contributed by atoms with Gasteiger partial charge < -0.3 is 5.32 Å². The molecule has 0 aliphatic heterocycles. The third-order valence-corrected chi connectivity index (χ3v) is 3.09. The van der Waals surface area contributed by atoms with Gasteiger partial charge in [0.15, 0.2) is 0 Å². The van der Waals surface area contributed by atoms with Crippen molar-refractivity contribution in [1.29, 1.82) is 0 Å². The first kappa shape index (κ1) is 12.8. The van der Waals surface area contributed by atoms with Crippen LogP contribution in [0.4, 0.5) is 4.39 Å². The van der Waals surface area contributed by atoms with Gasteiger partial charge in [0.1, 0.15) is 5.82 Å². The number of rotatable bonds is 4. The van der Waals surface area contributed by atoms with E-state index >= 15 is 0 Å². The van der Waals surface area contributed by atoms with E-state index in [-0.39, 0.29) is 11.9 Å². The Labute approximate surface area is 107 Å². The molecule has 2 aromatic rings. The van der Waals surface area contributed by atoms with Gasteiger partial charge in [0, 0.05) is 24.4 Å². The second-order valence-electron chi connectivity index (χ2n) is 4.30. The minimum atomic E-state index is -0.192. The Balaban J connectivity index is 2.48. The van der Waals surface area contributed by atoms with Crippen LogP contribution in [0, 0.1) is 5.82 Å². The van der Waals surface area contributed by atoms with E-state index in [2.05, 4.69) is 17.3 Å². The Hall–Kier alpha value is -1.68. The molecule has 1 N–H and O–H groups in total. The lowest BCUT2D eigenvalue weighted by Gasteiger charge is -2.17. The average Bonchev–Trinajstić information content (AvgIpc) is 2.74. The molecule has 0 aliphatic rings. The topological polar surface area (TPSA) is 29.9 Å². The summed E-state index contributed by atoms with van der Waals surface area (Å²) in [4.78, 5) is 0. The average molecular weight is 247 g/mol. The number of aromatic nitrogens is 2. The molecule has 0 amide bonds. The molecule has 0 aliphatic carbocycles. The molecule has 1 unspecified atom stereocenters. The zero-order chi connectivity index (χ0) is 13.1. The summed E-state index contributed by atoms with van der Waals surface area (Å²) in [7, 11) is 3.72. The van der Waals surface area contributed by atoms with E-state index in [4.69, 9.17) is 0 Å². The highest BCUT2D eigenvalue weighted by atomic mass is 19.1. The predicted octanol–water partition coefficient (Wildman–Crippen LogP) is 2.43. The fourth-order valence-electron chi connectivity index (χ4n) is 2.26. The van der Waals surface area contributed by atoms with Crippen LogP contribution in [0.3, 0.4) is 0 Å². The Morgan fingerprint density at radius 2 is 2.06 bits per heavy atom. The summed E-state index contributed by atoms with van der Waals surface area (Å²) in [5, 5.41) is 7.58. The molecule has 0 saturated heterocycles. The first-order valence-electron chi connectivity index (χ1n) is 6.11. The molecule has 4 heteroatoms. The van der Waals surface area contributed by atoms with Gasteiger partial charge in [-0.3, -0.25) is 4.68 Å². The van der Waals surface area contributed by atoms with Crippen LogP contribution >= 0.6 is 0 Å². The minimum absolute atomic E-state index is 0.158. The summed E-state index contributed by atoms with van der Waals surface area (Å²) in [5.74, 6) is -0.192. The van der Waals surface area contributed by atoms with E-state index < -0.39 is 0 Å². The summed E-state index contributed by atoms with van der Waals surface area (Å²) < 4.78 is 15.7. The maximum Gasteiger partial charge on any atom is 0.128 e. The van der Waals surface area contributed by atoms with Crippen LogP contribution in [0.5, 0.6) is 0 Å². The molecular weight excluding hydrogens is 229 g/mol. The first-order chi connectivity index (χ1) is 8.67. The van der Waals surface area contributed by atoms with Gasteiger partial charge in [0.05, 0.1) is 11.7 Å². The first-order valence-corrected chi connectivity index (χ1v) is 6.11. The Kier molecular flexibility index (Phi) is 3.77. The molecule has 18 heavy (non-hydrogen) atoms. The lowest BCUT2D eigenvalue weighted by Crippen LogP contribution is -2.19. The minimum Gasteiger partial charge on any atom is -0.309 e. The third kappa shape index (κ3) is 2.29. The number of benzene rings is 1. The number of nitrogens with one attached hydrogen (secondary N) is 1. The summed E-state index contributed by atoms with van der Waals surface area (Å²) in [6.07, 6.45) is 2.79. The number of halogens is 1. The Morgan fingerprint density at radius 3 is 2.67 bits per heavy atom. The van der Waals surface area contributed by atoms with Crippen LogP contribution in [-0.4, -0.2) is 16.8 Å². The molecule has 0 fully saturated rings. The maximum absolute atomic E-state index is 13.9. The largest absolute Gasteiger partial charge is 0.309 e. The van der Waals surface area contributed by atoms with Crippen LogP contribution in [0.1, 0.15) is 29.8 Å². The van der Waals surface area contributed by atoms with Gasteiger partial charge in [-0.2, -0.15) is 5.10 Å². The van der Waals surface area contributed by atoms with E-state index in [9.17, 15) is 4.39 Å². The summed E-state index contributed by atoms with van der Waals surface area (Å²) >= 11 is 0. The standard InChI is InChI=1S/C14H18FN3/c1-4-13-11(9-18(3)17-13)14(16-2)10-7-5-6-8-12(10)15/h5-9,14,16H,4H2,1-3H3. The lowest BCUT2D eigenvalue weighted by molar-refractivity contribution is 0.574. The molecular formula is C14H18FN3. The van der Waals surface area contributed by atoms with Crippen molar-refractivity contribution in [2.24, 2.45) is 7.05 Å². The second-order valence-corrected chi connectivity index (χ2v) is 4.30. The van der Waals surface area contributed by atoms with E-state index in [0.717, 1.165) is 17.7 Å². The van der Waals surface area contributed by atoms with Crippen molar-refractivity contribution < 1.29 is 4.39 Å². The van der Waals surface area contributed by atoms with E-state index in [1.807, 2.05) is 32.4 Å². The monoisotopic (exact) mass is 247 g/mol. The van der Waals surface area contributed by atoms with Gasteiger partial charge in [0.25, 0.3) is 0 Å². The number of hydrogen-bond donors (Lipinski definition) is 1. The zero-order valence-corrected chi connectivity index (χ0v) is 10.9. The van der Waals surface area contributed by atoms with Gasteiger partial charge >= 0.3 is 0 Å². The Morgan fingerprint density at radius 1 is 1.33 bits per heavy atom. The predicted molar refractivity (Wildman–Crippen MR) is 69.9 cm³/mol. The van der Waals surface area contributed by atoms with Crippen LogP contribution in [0.2, 0.25) is 0 Å². The van der Waals surface area contributed by atoms with E-state index in [1.54, 1.807) is 10.7 Å². The SMILES string of the molecule is CCc1nn(C)cc1C(NC)c1ccccc1F. The van der Waals surface area contributed by atoms with Crippen LogP contribution in [0.25, 0.3) is 0 Å². The van der Waals surface area contributed by atoms with Crippen molar-refractivity contribution in [3.63, 3.8) is 0 Å². The molecule has 96 valence electrons. The number of nitrogens with zero attached hydrogens (tertiary/aromatic N) is 2. The summed E-state index contributed by atoms with van der Waals surface area (Å²) in [6, 6.07) is 6.69. The highest BCUT2D eigenvalue weighted by Crippen LogP contribution is 2.26. The summed E-state index contributed by atoms with van der Waals surface area (Å²) in [6.45, 7) is 2.06. The number of hydrogen-bond acceptors (Lipinski definition) is 2. The maximum atomic E-state index is 13.9. The zero-order valence-electron chi connectivity index (χ0n) is 10.9. The fourth-order valence-corrected chi connectivity index (χ4v) is 2.26. The van der Waals surface area contributed by atoms with Gasteiger partial charge in [-0.1, -0.05) is 25.1 Å². The fraction of sp³-hybridized carbons (Fsp3) is 0.357. The van der Waals surface area contributed by atoms with Crippen molar-refractivity contribution in [2.75, 3.05) is 7.05 Å². The molecule has 2 rings (SSSR count). The normalized spacial score (nSPS) is 12.7. The summed E-state index contributed by atoms with van der Waals surface area (Å²) in [5.41, 5.74) is 2.69. The van der Waals surface area contributed by atoms with Crippen molar-refractivity contribution in [3.8, 4) is 0 Å². The molecule has 0 spiro atoms. The molecule has 0 radical (unpaired) electrons. The quantitative estimate of drug-likeness (QED) is 0.899. The van der Waals surface area contributed by atoms with Crippen LogP contribution in [0.15, 0.2) is 30.5 Å². The van der Waals surface area contributed by atoms with Crippen molar-refractivity contribution in [1.82, 2.24) is 15.1 Å². The highest BCUT2D eigenvalue weighted by Gasteiger charge is 2.20. The lowest BCUT2D eigenvalue weighted by atomic mass is 9.98. The number of aryl methyl sites for hydroxylation is 2. The second kappa shape index (κ2) is 5.31. The van der Waals surface area contributed by atoms with E-state index in [1.165, 1.54) is 6.07 Å². The van der Waals surface area contributed by atoms with Crippen LogP contribution in [-0.2, 0) is 13.5 Å². The molecule has 1 heterocycles.